The predicted octanol–water partition coefficient (Wildman–Crippen LogP) is 1.89. The molecule has 0 saturated heterocycles. The van der Waals surface area contributed by atoms with Crippen LogP contribution in [-0.2, 0) is 11.2 Å². The number of likely N-dealkylation sites (N-methyl/N-ethyl adjacent to an activating group) is 1. The van der Waals surface area contributed by atoms with Crippen LogP contribution < -0.4 is 5.73 Å². The Balaban J connectivity index is 2.56. The third-order valence-electron chi connectivity index (χ3n) is 2.63. The number of nitrogens with zero attached hydrogens (tertiary/aromatic N) is 1. The second kappa shape index (κ2) is 7.06. The fourth-order valence-electron chi connectivity index (χ4n) is 1.59. The van der Waals surface area contributed by atoms with Crippen molar-refractivity contribution in [2.24, 2.45) is 5.73 Å². The van der Waals surface area contributed by atoms with Gasteiger partial charge in [-0.25, -0.2) is 4.39 Å². The van der Waals surface area contributed by atoms with Gasteiger partial charge in [-0.15, -0.1) is 0 Å². The van der Waals surface area contributed by atoms with E-state index in [1.54, 1.807) is 17.0 Å². The SMILES string of the molecule is CCN(CCC(N)=S)C(=O)Cc1ccc(F)cc1. The Labute approximate surface area is 112 Å². The highest BCUT2D eigenvalue weighted by Crippen LogP contribution is 2.06. The lowest BCUT2D eigenvalue weighted by Crippen LogP contribution is -2.34. The molecule has 2 N–H and O–H groups in total. The topological polar surface area (TPSA) is 46.3 Å². The van der Waals surface area contributed by atoms with E-state index in [1.807, 2.05) is 6.92 Å². The van der Waals surface area contributed by atoms with Crippen LogP contribution in [0.25, 0.3) is 0 Å². The molecule has 1 aromatic carbocycles. The van der Waals surface area contributed by atoms with Gasteiger partial charge in [0.25, 0.3) is 0 Å². The van der Waals surface area contributed by atoms with Crippen LogP contribution in [0.3, 0.4) is 0 Å². The third-order valence-corrected chi connectivity index (χ3v) is 2.84. The van der Waals surface area contributed by atoms with Crippen molar-refractivity contribution in [3.63, 3.8) is 0 Å². The second-order valence-corrected chi connectivity index (χ2v) is 4.52. The van der Waals surface area contributed by atoms with Crippen LogP contribution in [0.5, 0.6) is 0 Å². The fourth-order valence-corrected chi connectivity index (χ4v) is 1.68. The first-order chi connectivity index (χ1) is 8.52. The molecule has 0 unspecified atom stereocenters. The molecule has 98 valence electrons. The van der Waals surface area contributed by atoms with Crippen molar-refractivity contribution in [1.82, 2.24) is 4.90 Å². The zero-order valence-corrected chi connectivity index (χ0v) is 11.2. The van der Waals surface area contributed by atoms with Crippen LogP contribution in [0.4, 0.5) is 4.39 Å². The summed E-state index contributed by atoms with van der Waals surface area (Å²) in [5.74, 6) is -0.299. The summed E-state index contributed by atoms with van der Waals surface area (Å²) in [6, 6.07) is 5.95. The number of carbonyl (C=O) groups excluding carboxylic acids is 1. The maximum absolute atomic E-state index is 12.7. The van der Waals surface area contributed by atoms with E-state index in [4.69, 9.17) is 18.0 Å². The molecule has 18 heavy (non-hydrogen) atoms. The fraction of sp³-hybridized carbons (Fsp3) is 0.385. The van der Waals surface area contributed by atoms with Crippen molar-refractivity contribution < 1.29 is 9.18 Å². The normalized spacial score (nSPS) is 10.1. The van der Waals surface area contributed by atoms with Crippen LogP contribution >= 0.6 is 12.2 Å². The van der Waals surface area contributed by atoms with Crippen LogP contribution in [0.2, 0.25) is 0 Å². The number of thiocarbonyl (C=S) groups is 1. The van der Waals surface area contributed by atoms with Gasteiger partial charge in [0.2, 0.25) is 5.91 Å². The summed E-state index contributed by atoms with van der Waals surface area (Å²) >= 11 is 4.79. The van der Waals surface area contributed by atoms with Gasteiger partial charge in [0.15, 0.2) is 0 Å². The van der Waals surface area contributed by atoms with E-state index in [-0.39, 0.29) is 18.1 Å². The largest absolute Gasteiger partial charge is 0.393 e. The number of amides is 1. The van der Waals surface area contributed by atoms with Gasteiger partial charge >= 0.3 is 0 Å². The minimum absolute atomic E-state index is 0.000332. The van der Waals surface area contributed by atoms with E-state index in [2.05, 4.69) is 0 Å². The average Bonchev–Trinajstić information content (AvgIpc) is 2.32. The Morgan fingerprint density at radius 1 is 1.39 bits per heavy atom. The first-order valence-corrected chi connectivity index (χ1v) is 6.24. The summed E-state index contributed by atoms with van der Waals surface area (Å²) in [7, 11) is 0. The van der Waals surface area contributed by atoms with Gasteiger partial charge in [0.05, 0.1) is 11.4 Å². The van der Waals surface area contributed by atoms with E-state index in [0.717, 1.165) is 5.56 Å². The molecule has 0 radical (unpaired) electrons. The predicted molar refractivity (Wildman–Crippen MR) is 73.8 cm³/mol. The summed E-state index contributed by atoms with van der Waals surface area (Å²) < 4.78 is 12.7. The molecular weight excluding hydrogens is 251 g/mol. The molecule has 0 atom stereocenters. The molecule has 0 aliphatic heterocycles. The van der Waals surface area contributed by atoms with E-state index < -0.39 is 0 Å². The lowest BCUT2D eigenvalue weighted by atomic mass is 10.1. The van der Waals surface area contributed by atoms with E-state index in [1.165, 1.54) is 12.1 Å². The quantitative estimate of drug-likeness (QED) is 0.801. The van der Waals surface area contributed by atoms with Gasteiger partial charge in [-0.3, -0.25) is 4.79 Å². The monoisotopic (exact) mass is 268 g/mol. The molecule has 3 nitrogen and oxygen atoms in total. The number of halogens is 1. The number of rotatable bonds is 6. The van der Waals surface area contributed by atoms with E-state index >= 15 is 0 Å². The van der Waals surface area contributed by atoms with Gasteiger partial charge in [-0.1, -0.05) is 24.4 Å². The van der Waals surface area contributed by atoms with Gasteiger partial charge < -0.3 is 10.6 Å². The highest BCUT2D eigenvalue weighted by atomic mass is 32.1. The summed E-state index contributed by atoms with van der Waals surface area (Å²) in [4.78, 5) is 14.1. The van der Waals surface area contributed by atoms with Crippen molar-refractivity contribution in [2.45, 2.75) is 19.8 Å². The molecule has 1 rings (SSSR count). The Kier molecular flexibility index (Phi) is 5.71. The van der Waals surface area contributed by atoms with Crippen molar-refractivity contribution in [3.05, 3.63) is 35.6 Å². The van der Waals surface area contributed by atoms with Crippen LogP contribution in [0.1, 0.15) is 18.9 Å². The molecule has 0 saturated carbocycles. The Morgan fingerprint density at radius 3 is 2.50 bits per heavy atom. The molecule has 0 aliphatic rings. The summed E-state index contributed by atoms with van der Waals surface area (Å²) in [5, 5.41) is 0. The number of nitrogens with two attached hydrogens (primary N) is 1. The Hall–Kier alpha value is -1.49. The molecule has 0 aromatic heterocycles. The highest BCUT2D eigenvalue weighted by Gasteiger charge is 2.12. The molecule has 1 aromatic rings. The average molecular weight is 268 g/mol. The molecule has 5 heteroatoms. The van der Waals surface area contributed by atoms with Crippen molar-refractivity contribution in [2.75, 3.05) is 13.1 Å². The van der Waals surface area contributed by atoms with Gasteiger partial charge in [-0.2, -0.15) is 0 Å². The summed E-state index contributed by atoms with van der Waals surface area (Å²) in [5.41, 5.74) is 6.22. The lowest BCUT2D eigenvalue weighted by molar-refractivity contribution is -0.130. The smallest absolute Gasteiger partial charge is 0.226 e. The number of benzene rings is 1. The first-order valence-electron chi connectivity index (χ1n) is 5.83. The molecule has 0 aliphatic carbocycles. The maximum atomic E-state index is 12.7. The molecule has 0 heterocycles. The minimum Gasteiger partial charge on any atom is -0.393 e. The first kappa shape index (κ1) is 14.6. The minimum atomic E-state index is -0.299. The van der Waals surface area contributed by atoms with Gasteiger partial charge in [-0.05, 0) is 24.6 Å². The standard InChI is InChI=1S/C13H17FN2OS/c1-2-16(8-7-12(15)18)13(17)9-10-3-5-11(14)6-4-10/h3-6H,2,7-9H2,1H3,(H2,15,18). The molecule has 0 fully saturated rings. The summed E-state index contributed by atoms with van der Waals surface area (Å²) in [6.45, 7) is 3.05. The van der Waals surface area contributed by atoms with Crippen molar-refractivity contribution in [3.8, 4) is 0 Å². The Bertz CT molecular complexity index is 420. The zero-order valence-electron chi connectivity index (χ0n) is 10.4. The lowest BCUT2D eigenvalue weighted by Gasteiger charge is -2.20. The third kappa shape index (κ3) is 4.79. The number of hydrogen-bond donors (Lipinski definition) is 1. The van der Waals surface area contributed by atoms with E-state index in [9.17, 15) is 9.18 Å². The molecule has 0 bridgehead atoms. The van der Waals surface area contributed by atoms with Crippen LogP contribution in [0.15, 0.2) is 24.3 Å². The van der Waals surface area contributed by atoms with Gasteiger partial charge in [0.1, 0.15) is 5.82 Å². The van der Waals surface area contributed by atoms with Crippen molar-refractivity contribution in [1.29, 1.82) is 0 Å². The summed E-state index contributed by atoms with van der Waals surface area (Å²) in [6.07, 6.45) is 0.795. The van der Waals surface area contributed by atoms with Crippen LogP contribution in [0, 0.1) is 5.82 Å². The highest BCUT2D eigenvalue weighted by molar-refractivity contribution is 7.80. The molecule has 0 spiro atoms. The van der Waals surface area contributed by atoms with Crippen LogP contribution in [-0.4, -0.2) is 28.9 Å². The molecular formula is C13H17FN2OS. The second-order valence-electron chi connectivity index (χ2n) is 3.99. The zero-order chi connectivity index (χ0) is 13.5. The van der Waals surface area contributed by atoms with Crippen molar-refractivity contribution >= 4 is 23.1 Å². The number of hydrogen-bond acceptors (Lipinski definition) is 2. The Morgan fingerprint density at radius 2 is 2.00 bits per heavy atom. The van der Waals surface area contributed by atoms with E-state index in [0.29, 0.717) is 24.5 Å². The molecule has 1 amide bonds. The maximum Gasteiger partial charge on any atom is 0.226 e. The number of carbonyl (C=O) groups is 1. The van der Waals surface area contributed by atoms with Gasteiger partial charge in [0, 0.05) is 19.5 Å².